The van der Waals surface area contributed by atoms with Gasteiger partial charge in [-0.2, -0.15) is 0 Å². The predicted molar refractivity (Wildman–Crippen MR) is 108 cm³/mol. The molecule has 0 aliphatic heterocycles. The highest BCUT2D eigenvalue weighted by atomic mass is 79.9. The van der Waals surface area contributed by atoms with Crippen LogP contribution in [-0.4, -0.2) is 17.0 Å². The lowest BCUT2D eigenvalue weighted by molar-refractivity contribution is 0.134. The van der Waals surface area contributed by atoms with Crippen LogP contribution in [0.5, 0.6) is 0 Å². The summed E-state index contributed by atoms with van der Waals surface area (Å²) in [5.74, 6) is 0. The predicted octanol–water partition coefficient (Wildman–Crippen LogP) is 5.48. The molecular weight excluding hydrogens is 428 g/mol. The highest BCUT2D eigenvalue weighted by molar-refractivity contribution is 9.10. The molecule has 3 rings (SSSR count). The highest BCUT2D eigenvalue weighted by Gasteiger charge is 2.24. The van der Waals surface area contributed by atoms with E-state index in [1.165, 1.54) is 24.0 Å². The maximum absolute atomic E-state index is 6.11. The van der Waals surface area contributed by atoms with Crippen molar-refractivity contribution in [2.24, 2.45) is 5.73 Å². The molecule has 0 atom stereocenters. The Hall–Kier alpha value is -0.680. The van der Waals surface area contributed by atoms with E-state index in [-0.39, 0.29) is 0 Å². The quantitative estimate of drug-likeness (QED) is 0.651. The van der Waals surface area contributed by atoms with E-state index in [2.05, 4.69) is 85.3 Å². The molecule has 0 bridgehead atoms. The minimum absolute atomic E-state index is 0.390. The zero-order valence-electron chi connectivity index (χ0n) is 13.8. The van der Waals surface area contributed by atoms with Crippen LogP contribution >= 0.6 is 31.9 Å². The first kappa shape index (κ1) is 18.1. The van der Waals surface area contributed by atoms with Gasteiger partial charge in [-0.05, 0) is 61.1 Å². The first-order valence-electron chi connectivity index (χ1n) is 8.58. The first-order valence-corrected chi connectivity index (χ1v) is 10.2. The number of halogens is 2. The van der Waals surface area contributed by atoms with Crippen molar-refractivity contribution in [2.45, 2.75) is 50.9 Å². The fraction of sp³-hybridized carbons (Fsp3) is 0.400. The molecule has 0 aromatic heterocycles. The van der Waals surface area contributed by atoms with Gasteiger partial charge in [0.1, 0.15) is 0 Å². The summed E-state index contributed by atoms with van der Waals surface area (Å²) in [5, 5.41) is 0. The molecule has 2 aromatic carbocycles. The van der Waals surface area contributed by atoms with Gasteiger partial charge in [0.15, 0.2) is 0 Å². The molecule has 2 aromatic rings. The third-order valence-corrected chi connectivity index (χ3v) is 5.85. The molecule has 24 heavy (non-hydrogen) atoms. The van der Waals surface area contributed by atoms with E-state index in [0.717, 1.165) is 34.9 Å². The van der Waals surface area contributed by atoms with E-state index in [1.54, 1.807) is 0 Å². The largest absolute Gasteiger partial charge is 0.328 e. The van der Waals surface area contributed by atoms with Crippen molar-refractivity contribution in [2.75, 3.05) is 0 Å². The van der Waals surface area contributed by atoms with E-state index in [0.29, 0.717) is 12.1 Å². The normalized spacial score (nSPS) is 21.2. The fourth-order valence-corrected chi connectivity index (χ4v) is 4.19. The van der Waals surface area contributed by atoms with Gasteiger partial charge in [-0.1, -0.05) is 56.1 Å². The smallest absolute Gasteiger partial charge is 0.0240 e. The molecule has 0 radical (unpaired) electrons. The lowest BCUT2D eigenvalue weighted by Gasteiger charge is -2.36. The maximum Gasteiger partial charge on any atom is 0.0240 e. The number of hydrogen-bond donors (Lipinski definition) is 1. The van der Waals surface area contributed by atoms with Gasteiger partial charge in [0.2, 0.25) is 0 Å². The fourth-order valence-electron chi connectivity index (χ4n) is 3.48. The van der Waals surface area contributed by atoms with Crippen molar-refractivity contribution in [3.63, 3.8) is 0 Å². The van der Waals surface area contributed by atoms with Gasteiger partial charge in [0, 0.05) is 34.1 Å². The lowest BCUT2D eigenvalue weighted by atomic mass is 9.90. The van der Waals surface area contributed by atoms with Crippen LogP contribution < -0.4 is 5.73 Å². The minimum Gasteiger partial charge on any atom is -0.328 e. The van der Waals surface area contributed by atoms with Gasteiger partial charge in [-0.3, -0.25) is 4.90 Å². The summed E-state index contributed by atoms with van der Waals surface area (Å²) >= 11 is 7.11. The summed E-state index contributed by atoms with van der Waals surface area (Å²) in [6.07, 6.45) is 4.68. The standard InChI is InChI=1S/C20H24Br2N2/c21-17-6-4-15(5-7-17)13-24(20-10-8-19(23)9-11-20)14-16-2-1-3-18(22)12-16/h1-7,12,19-20H,8-11,13-14,23H2. The number of rotatable bonds is 5. The Morgan fingerprint density at radius 3 is 2.17 bits per heavy atom. The van der Waals surface area contributed by atoms with Crippen molar-refractivity contribution in [3.05, 3.63) is 68.6 Å². The van der Waals surface area contributed by atoms with E-state index >= 15 is 0 Å². The molecule has 1 aliphatic carbocycles. The molecule has 0 heterocycles. The molecule has 1 saturated carbocycles. The summed E-state index contributed by atoms with van der Waals surface area (Å²) in [6, 6.07) is 18.3. The summed E-state index contributed by atoms with van der Waals surface area (Å²) < 4.78 is 2.28. The van der Waals surface area contributed by atoms with Gasteiger partial charge in [0.05, 0.1) is 0 Å². The van der Waals surface area contributed by atoms with Gasteiger partial charge in [-0.15, -0.1) is 0 Å². The Labute approximate surface area is 161 Å². The monoisotopic (exact) mass is 450 g/mol. The Bertz CT molecular complexity index is 649. The number of nitrogens with two attached hydrogens (primary N) is 1. The molecule has 4 heteroatoms. The van der Waals surface area contributed by atoms with Gasteiger partial charge < -0.3 is 5.73 Å². The van der Waals surface area contributed by atoms with Crippen LogP contribution in [0.3, 0.4) is 0 Å². The topological polar surface area (TPSA) is 29.3 Å². The van der Waals surface area contributed by atoms with Crippen LogP contribution in [0.25, 0.3) is 0 Å². The molecule has 0 saturated heterocycles. The molecule has 1 aliphatic rings. The highest BCUT2D eigenvalue weighted by Crippen LogP contribution is 2.26. The second-order valence-electron chi connectivity index (χ2n) is 6.73. The average Bonchev–Trinajstić information content (AvgIpc) is 2.57. The third-order valence-electron chi connectivity index (χ3n) is 4.83. The van der Waals surface area contributed by atoms with Crippen LogP contribution in [0.2, 0.25) is 0 Å². The van der Waals surface area contributed by atoms with Gasteiger partial charge in [0.25, 0.3) is 0 Å². The van der Waals surface area contributed by atoms with E-state index in [9.17, 15) is 0 Å². The molecule has 2 nitrogen and oxygen atoms in total. The molecular formula is C20H24Br2N2. The van der Waals surface area contributed by atoms with Crippen molar-refractivity contribution >= 4 is 31.9 Å². The maximum atomic E-state index is 6.11. The summed E-state index contributed by atoms with van der Waals surface area (Å²) in [6.45, 7) is 1.97. The van der Waals surface area contributed by atoms with Crippen LogP contribution in [0.4, 0.5) is 0 Å². The second-order valence-corrected chi connectivity index (χ2v) is 8.56. The van der Waals surface area contributed by atoms with Gasteiger partial charge >= 0.3 is 0 Å². The molecule has 0 amide bonds. The SMILES string of the molecule is NC1CCC(N(Cc2ccc(Br)cc2)Cc2cccc(Br)c2)CC1. The Balaban J connectivity index is 1.76. The first-order chi connectivity index (χ1) is 11.6. The second kappa shape index (κ2) is 8.61. The summed E-state index contributed by atoms with van der Waals surface area (Å²) in [7, 11) is 0. The zero-order valence-corrected chi connectivity index (χ0v) is 17.0. The van der Waals surface area contributed by atoms with Crippen LogP contribution in [0.15, 0.2) is 57.5 Å². The van der Waals surface area contributed by atoms with Crippen LogP contribution in [-0.2, 0) is 13.1 Å². The Morgan fingerprint density at radius 1 is 0.833 bits per heavy atom. The molecule has 1 fully saturated rings. The van der Waals surface area contributed by atoms with E-state index < -0.39 is 0 Å². The number of benzene rings is 2. The van der Waals surface area contributed by atoms with Crippen LogP contribution in [0.1, 0.15) is 36.8 Å². The summed E-state index contributed by atoms with van der Waals surface area (Å²) in [4.78, 5) is 2.62. The molecule has 128 valence electrons. The minimum atomic E-state index is 0.390. The molecule has 0 unspecified atom stereocenters. The van der Waals surface area contributed by atoms with Crippen LogP contribution in [0, 0.1) is 0 Å². The third kappa shape index (κ3) is 5.16. The summed E-state index contributed by atoms with van der Waals surface area (Å²) in [5.41, 5.74) is 8.83. The Kier molecular flexibility index (Phi) is 6.50. The van der Waals surface area contributed by atoms with Crippen molar-refractivity contribution in [1.29, 1.82) is 0 Å². The zero-order chi connectivity index (χ0) is 16.9. The number of nitrogens with zero attached hydrogens (tertiary/aromatic N) is 1. The molecule has 2 N–H and O–H groups in total. The van der Waals surface area contributed by atoms with Gasteiger partial charge in [-0.25, -0.2) is 0 Å². The van der Waals surface area contributed by atoms with Crippen molar-refractivity contribution < 1.29 is 0 Å². The number of hydrogen-bond acceptors (Lipinski definition) is 2. The Morgan fingerprint density at radius 2 is 1.50 bits per heavy atom. The van der Waals surface area contributed by atoms with Crippen molar-refractivity contribution in [3.8, 4) is 0 Å². The molecule has 0 spiro atoms. The lowest BCUT2D eigenvalue weighted by Crippen LogP contribution is -2.40. The van der Waals surface area contributed by atoms with E-state index in [1.807, 2.05) is 0 Å². The van der Waals surface area contributed by atoms with Crippen molar-refractivity contribution in [1.82, 2.24) is 4.90 Å². The average molecular weight is 452 g/mol. The van der Waals surface area contributed by atoms with E-state index in [4.69, 9.17) is 5.73 Å².